The monoisotopic (exact) mass is 338 g/mol. The molecule has 1 aliphatic heterocycles. The van der Waals surface area contributed by atoms with Crippen LogP contribution in [0.5, 0.6) is 0 Å². The van der Waals surface area contributed by atoms with Gasteiger partial charge < -0.3 is 5.32 Å². The summed E-state index contributed by atoms with van der Waals surface area (Å²) in [6.45, 7) is 4.90. The van der Waals surface area contributed by atoms with Gasteiger partial charge in [0.25, 0.3) is 0 Å². The van der Waals surface area contributed by atoms with Crippen LogP contribution in [0.25, 0.3) is 0 Å². The van der Waals surface area contributed by atoms with Crippen molar-refractivity contribution in [2.24, 2.45) is 5.92 Å². The van der Waals surface area contributed by atoms with E-state index in [9.17, 15) is 13.2 Å². The predicted molar refractivity (Wildman–Crippen MR) is 90.4 cm³/mol. The number of sulfonamides is 1. The number of carbonyl (C=O) groups excluding carboxylic acids is 1. The van der Waals surface area contributed by atoms with Gasteiger partial charge in [0.2, 0.25) is 15.9 Å². The first-order chi connectivity index (χ1) is 10.9. The molecule has 0 aliphatic carbocycles. The summed E-state index contributed by atoms with van der Waals surface area (Å²) in [5.74, 6) is -0.0285. The van der Waals surface area contributed by atoms with Crippen molar-refractivity contribution < 1.29 is 13.2 Å². The highest BCUT2D eigenvalue weighted by atomic mass is 32.2. The molecule has 0 unspecified atom stereocenters. The first-order valence-corrected chi connectivity index (χ1v) is 9.74. The molecule has 1 saturated heterocycles. The first-order valence-electron chi connectivity index (χ1n) is 8.30. The van der Waals surface area contributed by atoms with Gasteiger partial charge in [0.05, 0.1) is 4.90 Å². The summed E-state index contributed by atoms with van der Waals surface area (Å²) in [5, 5.41) is 3.03. The van der Waals surface area contributed by atoms with Crippen LogP contribution in [0.15, 0.2) is 35.2 Å². The number of amides is 1. The second-order valence-electron chi connectivity index (χ2n) is 6.19. The lowest BCUT2D eigenvalue weighted by Gasteiger charge is -2.31. The van der Waals surface area contributed by atoms with Crippen molar-refractivity contribution in [3.63, 3.8) is 0 Å². The number of benzene rings is 1. The maximum atomic E-state index is 12.6. The Kier molecular flexibility index (Phi) is 6.18. The number of rotatable bonds is 6. The number of nitrogens with zero attached hydrogens (tertiary/aromatic N) is 1. The molecule has 1 aromatic rings. The zero-order chi connectivity index (χ0) is 16.9. The molecule has 0 saturated carbocycles. The number of hydrogen-bond donors (Lipinski definition) is 1. The van der Waals surface area contributed by atoms with Gasteiger partial charge in [-0.05, 0) is 38.3 Å². The Balaban J connectivity index is 1.92. The van der Waals surface area contributed by atoms with Gasteiger partial charge in [0, 0.05) is 25.0 Å². The van der Waals surface area contributed by atoms with E-state index in [0.29, 0.717) is 30.8 Å². The van der Waals surface area contributed by atoms with Crippen LogP contribution in [0.2, 0.25) is 0 Å². The Morgan fingerprint density at radius 2 is 1.87 bits per heavy atom. The van der Waals surface area contributed by atoms with Gasteiger partial charge in [0.15, 0.2) is 0 Å². The minimum Gasteiger partial charge on any atom is -0.353 e. The van der Waals surface area contributed by atoms with E-state index >= 15 is 0 Å². The van der Waals surface area contributed by atoms with E-state index in [4.69, 9.17) is 0 Å². The number of nitrogens with one attached hydrogen (secondary N) is 1. The van der Waals surface area contributed by atoms with Crippen molar-refractivity contribution in [3.8, 4) is 0 Å². The lowest BCUT2D eigenvalue weighted by molar-refractivity contribution is -0.126. The van der Waals surface area contributed by atoms with E-state index < -0.39 is 10.0 Å². The number of carbonyl (C=O) groups is 1. The standard InChI is InChI=1S/C17H26N2O3S/c1-3-7-14(2)18-17(20)15-10-12-19(13-11-15)23(21,22)16-8-5-4-6-9-16/h4-6,8-9,14-15H,3,7,10-13H2,1-2H3,(H,18,20)/t14-/m1/s1. The van der Waals surface area contributed by atoms with Gasteiger partial charge in [-0.25, -0.2) is 8.42 Å². The molecule has 0 bridgehead atoms. The van der Waals surface area contributed by atoms with Crippen LogP contribution in [0.4, 0.5) is 0 Å². The third kappa shape index (κ3) is 4.54. The van der Waals surface area contributed by atoms with Crippen LogP contribution in [0.3, 0.4) is 0 Å². The van der Waals surface area contributed by atoms with Crippen LogP contribution in [-0.2, 0) is 14.8 Å². The van der Waals surface area contributed by atoms with Crippen LogP contribution in [0, 0.1) is 5.92 Å². The van der Waals surface area contributed by atoms with Gasteiger partial charge in [-0.15, -0.1) is 0 Å². The summed E-state index contributed by atoms with van der Waals surface area (Å²) >= 11 is 0. The highest BCUT2D eigenvalue weighted by Gasteiger charge is 2.32. The molecule has 23 heavy (non-hydrogen) atoms. The van der Waals surface area contributed by atoms with Gasteiger partial charge in [-0.1, -0.05) is 31.5 Å². The second-order valence-corrected chi connectivity index (χ2v) is 8.13. The molecule has 0 radical (unpaired) electrons. The predicted octanol–water partition coefficient (Wildman–Crippen LogP) is 2.39. The topological polar surface area (TPSA) is 66.5 Å². The van der Waals surface area contributed by atoms with Gasteiger partial charge in [0.1, 0.15) is 0 Å². The van der Waals surface area contributed by atoms with Crippen LogP contribution >= 0.6 is 0 Å². The second kappa shape index (κ2) is 7.93. The molecule has 1 heterocycles. The molecule has 6 heteroatoms. The van der Waals surface area contributed by atoms with E-state index in [1.807, 2.05) is 6.92 Å². The van der Waals surface area contributed by atoms with Gasteiger partial charge in [-0.3, -0.25) is 4.79 Å². The molecular formula is C17H26N2O3S. The van der Waals surface area contributed by atoms with Crippen molar-refractivity contribution in [3.05, 3.63) is 30.3 Å². The third-order valence-electron chi connectivity index (χ3n) is 4.32. The lowest BCUT2D eigenvalue weighted by Crippen LogP contribution is -2.44. The van der Waals surface area contributed by atoms with E-state index in [1.165, 1.54) is 4.31 Å². The molecule has 0 aromatic heterocycles. The summed E-state index contributed by atoms with van der Waals surface area (Å²) < 4.78 is 26.6. The summed E-state index contributed by atoms with van der Waals surface area (Å²) in [5.41, 5.74) is 0. The van der Waals surface area contributed by atoms with Crippen molar-refractivity contribution in [2.75, 3.05) is 13.1 Å². The quantitative estimate of drug-likeness (QED) is 0.866. The summed E-state index contributed by atoms with van der Waals surface area (Å²) in [6, 6.07) is 8.65. The molecule has 1 atom stereocenters. The van der Waals surface area contributed by atoms with Crippen molar-refractivity contribution >= 4 is 15.9 Å². The molecule has 1 amide bonds. The average molecular weight is 338 g/mol. The normalized spacial score (nSPS) is 18.5. The zero-order valence-electron chi connectivity index (χ0n) is 13.9. The molecule has 2 rings (SSSR count). The maximum absolute atomic E-state index is 12.6. The Morgan fingerprint density at radius 1 is 1.26 bits per heavy atom. The van der Waals surface area contributed by atoms with E-state index in [0.717, 1.165) is 12.8 Å². The van der Waals surface area contributed by atoms with E-state index in [1.54, 1.807) is 30.3 Å². The smallest absolute Gasteiger partial charge is 0.243 e. The number of piperidine rings is 1. The highest BCUT2D eigenvalue weighted by Crippen LogP contribution is 2.24. The average Bonchev–Trinajstić information content (AvgIpc) is 2.56. The molecule has 128 valence electrons. The van der Waals surface area contributed by atoms with Crippen molar-refractivity contribution in [1.29, 1.82) is 0 Å². The summed E-state index contributed by atoms with van der Waals surface area (Å²) in [7, 11) is -3.44. The van der Waals surface area contributed by atoms with Crippen LogP contribution < -0.4 is 5.32 Å². The molecule has 1 aromatic carbocycles. The molecule has 1 aliphatic rings. The lowest BCUT2D eigenvalue weighted by atomic mass is 9.96. The highest BCUT2D eigenvalue weighted by molar-refractivity contribution is 7.89. The van der Waals surface area contributed by atoms with Gasteiger partial charge >= 0.3 is 0 Å². The molecular weight excluding hydrogens is 312 g/mol. The zero-order valence-corrected chi connectivity index (χ0v) is 14.7. The molecule has 1 N–H and O–H groups in total. The number of hydrogen-bond acceptors (Lipinski definition) is 3. The summed E-state index contributed by atoms with van der Waals surface area (Å²) in [4.78, 5) is 12.5. The molecule has 5 nitrogen and oxygen atoms in total. The Bertz CT molecular complexity index is 608. The largest absolute Gasteiger partial charge is 0.353 e. The Hall–Kier alpha value is -1.40. The fourth-order valence-electron chi connectivity index (χ4n) is 2.97. The van der Waals surface area contributed by atoms with Crippen LogP contribution in [-0.4, -0.2) is 37.8 Å². The third-order valence-corrected chi connectivity index (χ3v) is 6.23. The Labute approximate surface area is 139 Å². The van der Waals surface area contributed by atoms with E-state index in [-0.39, 0.29) is 17.9 Å². The minimum absolute atomic E-state index is 0.0581. The first kappa shape index (κ1) is 17.9. The fraction of sp³-hybridized carbons (Fsp3) is 0.588. The molecule has 0 spiro atoms. The van der Waals surface area contributed by atoms with Crippen molar-refractivity contribution in [2.45, 2.75) is 50.5 Å². The SMILES string of the molecule is CCC[C@@H](C)NC(=O)C1CCN(S(=O)(=O)c2ccccc2)CC1. The minimum atomic E-state index is -3.44. The van der Waals surface area contributed by atoms with Gasteiger partial charge in [-0.2, -0.15) is 4.31 Å². The van der Waals surface area contributed by atoms with Crippen LogP contribution in [0.1, 0.15) is 39.5 Å². The maximum Gasteiger partial charge on any atom is 0.243 e. The fourth-order valence-corrected chi connectivity index (χ4v) is 4.46. The molecule has 1 fully saturated rings. The summed E-state index contributed by atoms with van der Waals surface area (Å²) in [6.07, 6.45) is 3.16. The van der Waals surface area contributed by atoms with Crippen molar-refractivity contribution in [1.82, 2.24) is 9.62 Å². The Morgan fingerprint density at radius 3 is 2.43 bits per heavy atom. The van der Waals surface area contributed by atoms with E-state index in [2.05, 4.69) is 12.2 Å².